The highest BCUT2D eigenvalue weighted by Crippen LogP contribution is 2.25. The van der Waals surface area contributed by atoms with E-state index in [1.54, 1.807) is 7.11 Å². The molecule has 1 aliphatic heterocycles. The molecular formula is C15H22N2O2. The van der Waals surface area contributed by atoms with Crippen LogP contribution in [0.1, 0.15) is 25.5 Å². The Labute approximate surface area is 114 Å². The number of rotatable bonds is 4. The molecule has 1 aromatic carbocycles. The largest absolute Gasteiger partial charge is 0.496 e. The van der Waals surface area contributed by atoms with Crippen molar-refractivity contribution in [1.82, 2.24) is 10.6 Å². The number of methoxy groups -OCH3 is 1. The molecule has 2 N–H and O–H groups in total. The molecule has 1 fully saturated rings. The Morgan fingerprint density at radius 2 is 2.16 bits per heavy atom. The molecule has 104 valence electrons. The second-order valence-electron chi connectivity index (χ2n) is 5.21. The highest BCUT2D eigenvalue weighted by Gasteiger charge is 2.30. The van der Waals surface area contributed by atoms with Crippen molar-refractivity contribution in [3.8, 4) is 5.75 Å². The minimum absolute atomic E-state index is 0.0450. The number of nitrogens with one attached hydrogen (secondary N) is 2. The molecule has 3 atom stereocenters. The lowest BCUT2D eigenvalue weighted by Gasteiger charge is -2.20. The summed E-state index contributed by atoms with van der Waals surface area (Å²) in [7, 11) is 1.65. The van der Waals surface area contributed by atoms with Crippen LogP contribution in [0.4, 0.5) is 0 Å². The van der Waals surface area contributed by atoms with Gasteiger partial charge in [-0.1, -0.05) is 25.1 Å². The topological polar surface area (TPSA) is 50.4 Å². The zero-order valence-corrected chi connectivity index (χ0v) is 11.8. The summed E-state index contributed by atoms with van der Waals surface area (Å²) in [6.45, 7) is 5.79. The van der Waals surface area contributed by atoms with Gasteiger partial charge in [0, 0.05) is 12.1 Å². The maximum atomic E-state index is 12.2. The van der Waals surface area contributed by atoms with E-state index in [0.717, 1.165) is 24.4 Å². The lowest BCUT2D eigenvalue weighted by molar-refractivity contribution is -0.126. The molecule has 0 aliphatic carbocycles. The van der Waals surface area contributed by atoms with E-state index in [-0.39, 0.29) is 17.9 Å². The summed E-state index contributed by atoms with van der Waals surface area (Å²) in [6.07, 6.45) is 0. The Morgan fingerprint density at radius 3 is 2.79 bits per heavy atom. The van der Waals surface area contributed by atoms with E-state index in [1.807, 2.05) is 31.2 Å². The van der Waals surface area contributed by atoms with Crippen LogP contribution in [0.15, 0.2) is 24.3 Å². The van der Waals surface area contributed by atoms with Gasteiger partial charge in [0.05, 0.1) is 19.1 Å². The minimum atomic E-state index is -0.0450. The van der Waals surface area contributed by atoms with Gasteiger partial charge < -0.3 is 15.4 Å². The van der Waals surface area contributed by atoms with Crippen molar-refractivity contribution in [3.63, 3.8) is 0 Å². The Balaban J connectivity index is 2.04. The molecule has 1 aliphatic rings. The maximum Gasteiger partial charge on any atom is 0.225 e. The summed E-state index contributed by atoms with van der Waals surface area (Å²) in [4.78, 5) is 12.2. The van der Waals surface area contributed by atoms with Crippen molar-refractivity contribution >= 4 is 5.91 Å². The SMILES string of the molecule is COc1ccccc1C(C)NC(=O)[C@@H]1CNC[C@H]1C. The fourth-order valence-corrected chi connectivity index (χ4v) is 2.58. The number of benzene rings is 1. The third-order valence-electron chi connectivity index (χ3n) is 3.82. The number of ether oxygens (including phenoxy) is 1. The molecule has 0 aromatic heterocycles. The van der Waals surface area contributed by atoms with Gasteiger partial charge in [0.15, 0.2) is 0 Å². The number of carbonyl (C=O) groups is 1. The van der Waals surface area contributed by atoms with Crippen LogP contribution >= 0.6 is 0 Å². The molecule has 1 unspecified atom stereocenters. The van der Waals surface area contributed by atoms with Crippen molar-refractivity contribution in [2.24, 2.45) is 11.8 Å². The summed E-state index contributed by atoms with van der Waals surface area (Å²) < 4.78 is 5.33. The van der Waals surface area contributed by atoms with Crippen molar-refractivity contribution in [3.05, 3.63) is 29.8 Å². The Kier molecular flexibility index (Phi) is 4.43. The van der Waals surface area contributed by atoms with Crippen LogP contribution in [0.5, 0.6) is 5.75 Å². The van der Waals surface area contributed by atoms with Crippen LogP contribution in [-0.4, -0.2) is 26.1 Å². The quantitative estimate of drug-likeness (QED) is 0.869. The van der Waals surface area contributed by atoms with Gasteiger partial charge in [-0.25, -0.2) is 0 Å². The van der Waals surface area contributed by atoms with Crippen LogP contribution in [-0.2, 0) is 4.79 Å². The third kappa shape index (κ3) is 3.07. The van der Waals surface area contributed by atoms with E-state index in [0.29, 0.717) is 5.92 Å². The minimum Gasteiger partial charge on any atom is -0.496 e. The average molecular weight is 262 g/mol. The first-order valence-corrected chi connectivity index (χ1v) is 6.77. The molecule has 1 aromatic rings. The predicted molar refractivity (Wildman–Crippen MR) is 75.1 cm³/mol. The summed E-state index contributed by atoms with van der Waals surface area (Å²) >= 11 is 0. The average Bonchev–Trinajstić information content (AvgIpc) is 2.85. The van der Waals surface area contributed by atoms with Gasteiger partial charge in [0.1, 0.15) is 5.75 Å². The molecule has 4 nitrogen and oxygen atoms in total. The molecule has 2 rings (SSSR count). The third-order valence-corrected chi connectivity index (χ3v) is 3.82. The van der Waals surface area contributed by atoms with Crippen molar-refractivity contribution in [2.45, 2.75) is 19.9 Å². The molecule has 1 amide bonds. The summed E-state index contributed by atoms with van der Waals surface area (Å²) in [5.74, 6) is 1.39. The van der Waals surface area contributed by atoms with Crippen molar-refractivity contribution in [1.29, 1.82) is 0 Å². The number of hydrogen-bond acceptors (Lipinski definition) is 3. The molecule has 1 heterocycles. The van der Waals surface area contributed by atoms with E-state index in [9.17, 15) is 4.79 Å². The van der Waals surface area contributed by atoms with E-state index >= 15 is 0 Å². The van der Waals surface area contributed by atoms with Crippen LogP contribution in [0.25, 0.3) is 0 Å². The molecule has 0 saturated carbocycles. The first-order chi connectivity index (χ1) is 9.13. The number of para-hydroxylation sites is 1. The van der Waals surface area contributed by atoms with Crippen LogP contribution in [0.2, 0.25) is 0 Å². The smallest absolute Gasteiger partial charge is 0.225 e. The van der Waals surface area contributed by atoms with Crippen LogP contribution in [0.3, 0.4) is 0 Å². The number of carbonyl (C=O) groups excluding carboxylic acids is 1. The number of amides is 1. The normalized spacial score (nSPS) is 23.9. The molecule has 0 radical (unpaired) electrons. The standard InChI is InChI=1S/C15H22N2O2/c1-10-8-16-9-13(10)15(18)17-11(2)12-6-4-5-7-14(12)19-3/h4-7,10-11,13,16H,8-9H2,1-3H3,(H,17,18)/t10-,11?,13-/m1/s1. The molecule has 19 heavy (non-hydrogen) atoms. The molecule has 0 bridgehead atoms. The van der Waals surface area contributed by atoms with Gasteiger partial charge in [-0.2, -0.15) is 0 Å². The Morgan fingerprint density at radius 1 is 1.42 bits per heavy atom. The molecule has 4 heteroatoms. The van der Waals surface area contributed by atoms with Crippen molar-refractivity contribution in [2.75, 3.05) is 20.2 Å². The van der Waals surface area contributed by atoms with Crippen LogP contribution in [0, 0.1) is 11.8 Å². The predicted octanol–water partition coefficient (Wildman–Crippen LogP) is 1.73. The number of hydrogen-bond donors (Lipinski definition) is 2. The first-order valence-electron chi connectivity index (χ1n) is 6.77. The van der Waals surface area contributed by atoms with E-state index in [1.165, 1.54) is 0 Å². The summed E-state index contributed by atoms with van der Waals surface area (Å²) in [5.41, 5.74) is 1.01. The summed E-state index contributed by atoms with van der Waals surface area (Å²) in [5, 5.41) is 6.34. The van der Waals surface area contributed by atoms with E-state index < -0.39 is 0 Å². The fraction of sp³-hybridized carbons (Fsp3) is 0.533. The fourth-order valence-electron chi connectivity index (χ4n) is 2.58. The van der Waals surface area contributed by atoms with Gasteiger partial charge >= 0.3 is 0 Å². The lowest BCUT2D eigenvalue weighted by atomic mass is 9.96. The van der Waals surface area contributed by atoms with Crippen molar-refractivity contribution < 1.29 is 9.53 Å². The second-order valence-corrected chi connectivity index (χ2v) is 5.21. The Bertz CT molecular complexity index is 448. The van der Waals surface area contributed by atoms with Gasteiger partial charge in [-0.15, -0.1) is 0 Å². The highest BCUT2D eigenvalue weighted by molar-refractivity contribution is 5.80. The lowest BCUT2D eigenvalue weighted by Crippen LogP contribution is -2.36. The highest BCUT2D eigenvalue weighted by atomic mass is 16.5. The van der Waals surface area contributed by atoms with Gasteiger partial charge in [-0.05, 0) is 25.5 Å². The molecule has 1 saturated heterocycles. The molecular weight excluding hydrogens is 240 g/mol. The first kappa shape index (κ1) is 13.9. The Hall–Kier alpha value is -1.55. The van der Waals surface area contributed by atoms with E-state index in [4.69, 9.17) is 4.74 Å². The zero-order valence-electron chi connectivity index (χ0n) is 11.8. The van der Waals surface area contributed by atoms with Gasteiger partial charge in [0.2, 0.25) is 5.91 Å². The van der Waals surface area contributed by atoms with Gasteiger partial charge in [-0.3, -0.25) is 4.79 Å². The van der Waals surface area contributed by atoms with E-state index in [2.05, 4.69) is 17.6 Å². The molecule has 0 spiro atoms. The summed E-state index contributed by atoms with van der Waals surface area (Å²) in [6, 6.07) is 7.74. The van der Waals surface area contributed by atoms with Gasteiger partial charge in [0.25, 0.3) is 0 Å². The monoisotopic (exact) mass is 262 g/mol. The van der Waals surface area contributed by atoms with Crippen LogP contribution < -0.4 is 15.4 Å². The second kappa shape index (κ2) is 6.06. The zero-order chi connectivity index (χ0) is 13.8. The maximum absolute atomic E-state index is 12.2.